The van der Waals surface area contributed by atoms with Crippen LogP contribution in [0, 0.1) is 0 Å². The summed E-state index contributed by atoms with van der Waals surface area (Å²) in [6.07, 6.45) is 0.759. The van der Waals surface area contributed by atoms with Crippen molar-refractivity contribution in [2.24, 2.45) is 0 Å². The molecule has 0 saturated carbocycles. The summed E-state index contributed by atoms with van der Waals surface area (Å²) in [6.45, 7) is 5.98. The molecule has 1 rings (SSSR count). The lowest BCUT2D eigenvalue weighted by molar-refractivity contribution is -0.119. The van der Waals surface area contributed by atoms with Crippen LogP contribution >= 0.6 is 0 Å². The van der Waals surface area contributed by atoms with E-state index in [9.17, 15) is 4.79 Å². The second kappa shape index (κ2) is 8.01. The standard InChI is InChI=1S/C15H23NO2/c1-13(2)18-10-9-16(3)12-15(17)11-14-7-5-4-6-8-14/h4-8,13H,9-12H2,1-3H3. The molecule has 0 amide bonds. The second-order valence-electron chi connectivity index (χ2n) is 4.86. The normalized spacial score (nSPS) is 11.2. The SMILES string of the molecule is CC(C)OCCN(C)CC(=O)Cc1ccccc1. The maximum Gasteiger partial charge on any atom is 0.151 e. The Morgan fingerprint density at radius 2 is 1.94 bits per heavy atom. The predicted octanol–water partition coefficient (Wildman–Crippen LogP) is 2.15. The van der Waals surface area contributed by atoms with Crippen molar-refractivity contribution in [1.82, 2.24) is 4.90 Å². The molecule has 0 aliphatic rings. The van der Waals surface area contributed by atoms with Gasteiger partial charge >= 0.3 is 0 Å². The zero-order valence-corrected chi connectivity index (χ0v) is 11.6. The topological polar surface area (TPSA) is 29.5 Å². The van der Waals surface area contributed by atoms with Gasteiger partial charge < -0.3 is 4.74 Å². The van der Waals surface area contributed by atoms with Crippen molar-refractivity contribution in [2.75, 3.05) is 26.7 Å². The molecule has 0 N–H and O–H groups in total. The number of Topliss-reactive ketones (excluding diaryl/α,β-unsaturated/α-hetero) is 1. The number of carbonyl (C=O) groups is 1. The molecular formula is C15H23NO2. The van der Waals surface area contributed by atoms with E-state index in [0.717, 1.165) is 12.1 Å². The van der Waals surface area contributed by atoms with Crippen LogP contribution in [-0.4, -0.2) is 43.5 Å². The molecule has 0 aromatic heterocycles. The summed E-state index contributed by atoms with van der Waals surface area (Å²) >= 11 is 0. The zero-order chi connectivity index (χ0) is 13.4. The summed E-state index contributed by atoms with van der Waals surface area (Å²) in [7, 11) is 1.95. The van der Waals surface area contributed by atoms with E-state index in [-0.39, 0.29) is 11.9 Å². The Morgan fingerprint density at radius 1 is 1.28 bits per heavy atom. The van der Waals surface area contributed by atoms with Crippen LogP contribution in [0.5, 0.6) is 0 Å². The molecule has 0 fully saturated rings. The Kier molecular flexibility index (Phi) is 6.61. The van der Waals surface area contributed by atoms with E-state index in [1.54, 1.807) is 0 Å². The van der Waals surface area contributed by atoms with E-state index in [1.165, 1.54) is 0 Å². The third-order valence-electron chi connectivity index (χ3n) is 2.61. The van der Waals surface area contributed by atoms with E-state index in [0.29, 0.717) is 19.6 Å². The highest BCUT2D eigenvalue weighted by Gasteiger charge is 2.07. The summed E-state index contributed by atoms with van der Waals surface area (Å²) in [5, 5.41) is 0. The Bertz CT molecular complexity index is 349. The molecule has 0 saturated heterocycles. The van der Waals surface area contributed by atoms with Gasteiger partial charge in [0.15, 0.2) is 5.78 Å². The van der Waals surface area contributed by atoms with Crippen molar-refractivity contribution in [3.05, 3.63) is 35.9 Å². The van der Waals surface area contributed by atoms with Gasteiger partial charge in [-0.25, -0.2) is 0 Å². The molecule has 18 heavy (non-hydrogen) atoms. The van der Waals surface area contributed by atoms with Crippen molar-refractivity contribution in [3.8, 4) is 0 Å². The van der Waals surface area contributed by atoms with Gasteiger partial charge in [0, 0.05) is 13.0 Å². The largest absolute Gasteiger partial charge is 0.377 e. The van der Waals surface area contributed by atoms with Crippen molar-refractivity contribution in [2.45, 2.75) is 26.4 Å². The maximum atomic E-state index is 11.8. The molecule has 0 spiro atoms. The van der Waals surface area contributed by atoms with Crippen LogP contribution < -0.4 is 0 Å². The number of ether oxygens (including phenoxy) is 1. The highest BCUT2D eigenvalue weighted by atomic mass is 16.5. The van der Waals surface area contributed by atoms with Crippen LogP contribution in [0.25, 0.3) is 0 Å². The molecule has 1 aromatic rings. The van der Waals surface area contributed by atoms with Gasteiger partial charge in [-0.1, -0.05) is 30.3 Å². The van der Waals surface area contributed by atoms with E-state index in [1.807, 2.05) is 56.1 Å². The predicted molar refractivity (Wildman–Crippen MR) is 73.7 cm³/mol. The van der Waals surface area contributed by atoms with E-state index < -0.39 is 0 Å². The Balaban J connectivity index is 2.23. The van der Waals surface area contributed by atoms with Crippen LogP contribution in [0.15, 0.2) is 30.3 Å². The first kappa shape index (κ1) is 14.9. The fourth-order valence-electron chi connectivity index (χ4n) is 1.70. The van der Waals surface area contributed by atoms with Gasteiger partial charge in [0.05, 0.1) is 19.3 Å². The molecule has 0 aliphatic carbocycles. The Labute approximate surface area is 110 Å². The molecule has 0 unspecified atom stereocenters. The van der Waals surface area contributed by atoms with Crippen molar-refractivity contribution < 1.29 is 9.53 Å². The highest BCUT2D eigenvalue weighted by Crippen LogP contribution is 2.01. The minimum absolute atomic E-state index is 0.244. The molecule has 0 radical (unpaired) electrons. The molecule has 0 heterocycles. The Morgan fingerprint density at radius 3 is 2.56 bits per heavy atom. The van der Waals surface area contributed by atoms with Gasteiger partial charge in [-0.2, -0.15) is 0 Å². The number of hydrogen-bond donors (Lipinski definition) is 0. The number of carbonyl (C=O) groups excluding carboxylic acids is 1. The third-order valence-corrected chi connectivity index (χ3v) is 2.61. The third kappa shape index (κ3) is 6.52. The Hall–Kier alpha value is -1.19. The number of rotatable bonds is 8. The fourth-order valence-corrected chi connectivity index (χ4v) is 1.70. The van der Waals surface area contributed by atoms with Crippen LogP contribution in [0.2, 0.25) is 0 Å². The van der Waals surface area contributed by atoms with Gasteiger partial charge in [0.2, 0.25) is 0 Å². The average Bonchev–Trinajstić information content (AvgIpc) is 2.29. The van der Waals surface area contributed by atoms with Gasteiger partial charge in [-0.3, -0.25) is 9.69 Å². The molecule has 1 aromatic carbocycles. The van der Waals surface area contributed by atoms with Gasteiger partial charge in [-0.05, 0) is 26.5 Å². The monoisotopic (exact) mass is 249 g/mol. The lowest BCUT2D eigenvalue weighted by Crippen LogP contribution is -2.30. The minimum atomic E-state index is 0.244. The lowest BCUT2D eigenvalue weighted by atomic mass is 10.1. The first-order chi connectivity index (χ1) is 8.58. The van der Waals surface area contributed by atoms with Crippen LogP contribution in [-0.2, 0) is 16.0 Å². The summed E-state index contributed by atoms with van der Waals surface area (Å²) in [5.41, 5.74) is 1.08. The number of ketones is 1. The van der Waals surface area contributed by atoms with Crippen molar-refractivity contribution >= 4 is 5.78 Å². The van der Waals surface area contributed by atoms with Crippen LogP contribution in [0.4, 0.5) is 0 Å². The summed E-state index contributed by atoms with van der Waals surface area (Å²) in [4.78, 5) is 13.8. The molecule has 0 atom stereocenters. The molecule has 3 heteroatoms. The van der Waals surface area contributed by atoms with E-state index in [4.69, 9.17) is 4.74 Å². The quantitative estimate of drug-likeness (QED) is 0.707. The fraction of sp³-hybridized carbons (Fsp3) is 0.533. The molecule has 3 nitrogen and oxygen atoms in total. The lowest BCUT2D eigenvalue weighted by Gasteiger charge is -2.16. The molecular weight excluding hydrogens is 226 g/mol. The van der Waals surface area contributed by atoms with Crippen molar-refractivity contribution in [3.63, 3.8) is 0 Å². The maximum absolute atomic E-state index is 11.8. The first-order valence-corrected chi connectivity index (χ1v) is 6.43. The zero-order valence-electron chi connectivity index (χ0n) is 11.6. The molecule has 100 valence electrons. The molecule has 0 bridgehead atoms. The minimum Gasteiger partial charge on any atom is -0.377 e. The summed E-state index contributed by atoms with van der Waals surface area (Å²) in [6, 6.07) is 9.86. The first-order valence-electron chi connectivity index (χ1n) is 6.43. The number of hydrogen-bond acceptors (Lipinski definition) is 3. The van der Waals surface area contributed by atoms with E-state index >= 15 is 0 Å². The summed E-state index contributed by atoms with van der Waals surface area (Å²) < 4.78 is 5.46. The highest BCUT2D eigenvalue weighted by molar-refractivity contribution is 5.82. The van der Waals surface area contributed by atoms with E-state index in [2.05, 4.69) is 0 Å². The van der Waals surface area contributed by atoms with Gasteiger partial charge in [0.25, 0.3) is 0 Å². The summed E-state index contributed by atoms with van der Waals surface area (Å²) in [5.74, 6) is 0.244. The van der Waals surface area contributed by atoms with Crippen LogP contribution in [0.3, 0.4) is 0 Å². The number of nitrogens with zero attached hydrogens (tertiary/aromatic N) is 1. The van der Waals surface area contributed by atoms with Crippen LogP contribution in [0.1, 0.15) is 19.4 Å². The number of likely N-dealkylation sites (N-methyl/N-ethyl adjacent to an activating group) is 1. The van der Waals surface area contributed by atoms with Gasteiger partial charge in [-0.15, -0.1) is 0 Å². The smallest absolute Gasteiger partial charge is 0.151 e. The average molecular weight is 249 g/mol. The van der Waals surface area contributed by atoms with Gasteiger partial charge in [0.1, 0.15) is 0 Å². The number of benzene rings is 1. The second-order valence-corrected chi connectivity index (χ2v) is 4.86. The molecule has 0 aliphatic heterocycles. The van der Waals surface area contributed by atoms with Crippen molar-refractivity contribution in [1.29, 1.82) is 0 Å².